The van der Waals surface area contributed by atoms with E-state index in [0.717, 1.165) is 25.1 Å². The van der Waals surface area contributed by atoms with Crippen LogP contribution in [0.5, 0.6) is 5.75 Å². The Balaban J connectivity index is 2.34. The highest BCUT2D eigenvalue weighted by Crippen LogP contribution is 2.14. The van der Waals surface area contributed by atoms with Crippen molar-refractivity contribution in [1.29, 1.82) is 0 Å². The zero-order valence-electron chi connectivity index (χ0n) is 13.9. The summed E-state index contributed by atoms with van der Waals surface area (Å²) in [7, 11) is 5.96. The predicted molar refractivity (Wildman–Crippen MR) is 86.5 cm³/mol. The SMILES string of the molecule is COc1ccc(CCC(C)NCC(C)(C)N(C)C)cc1. The maximum atomic E-state index is 5.18. The Hall–Kier alpha value is -1.06. The molecule has 0 radical (unpaired) electrons. The van der Waals surface area contributed by atoms with Gasteiger partial charge in [0.05, 0.1) is 7.11 Å². The molecule has 114 valence electrons. The van der Waals surface area contributed by atoms with Gasteiger partial charge in [0.2, 0.25) is 0 Å². The number of nitrogens with one attached hydrogen (secondary N) is 1. The molecule has 3 heteroatoms. The van der Waals surface area contributed by atoms with E-state index in [9.17, 15) is 0 Å². The van der Waals surface area contributed by atoms with Crippen LogP contribution in [-0.2, 0) is 6.42 Å². The predicted octanol–water partition coefficient (Wildman–Crippen LogP) is 2.95. The molecule has 0 fully saturated rings. The van der Waals surface area contributed by atoms with Crippen molar-refractivity contribution in [3.8, 4) is 5.75 Å². The van der Waals surface area contributed by atoms with Crippen LogP contribution in [0.15, 0.2) is 24.3 Å². The van der Waals surface area contributed by atoms with Crippen LogP contribution in [0.4, 0.5) is 0 Å². The van der Waals surface area contributed by atoms with Crippen LogP contribution in [-0.4, -0.2) is 44.2 Å². The molecule has 0 heterocycles. The Kier molecular flexibility index (Phi) is 6.50. The second-order valence-electron chi connectivity index (χ2n) is 6.38. The van der Waals surface area contributed by atoms with Gasteiger partial charge >= 0.3 is 0 Å². The highest BCUT2D eigenvalue weighted by atomic mass is 16.5. The van der Waals surface area contributed by atoms with Crippen molar-refractivity contribution in [3.05, 3.63) is 29.8 Å². The molecule has 1 N–H and O–H groups in total. The van der Waals surface area contributed by atoms with Gasteiger partial charge in [-0.2, -0.15) is 0 Å². The summed E-state index contributed by atoms with van der Waals surface area (Å²) in [5.41, 5.74) is 1.56. The first-order chi connectivity index (χ1) is 9.35. The molecule has 1 atom stereocenters. The van der Waals surface area contributed by atoms with Crippen molar-refractivity contribution in [2.45, 2.75) is 45.2 Å². The summed E-state index contributed by atoms with van der Waals surface area (Å²) in [5.74, 6) is 0.924. The third kappa shape index (κ3) is 5.51. The van der Waals surface area contributed by atoms with E-state index in [1.54, 1.807) is 7.11 Å². The molecule has 0 bridgehead atoms. The van der Waals surface area contributed by atoms with Crippen LogP contribution < -0.4 is 10.1 Å². The third-order valence-electron chi connectivity index (χ3n) is 4.12. The number of ether oxygens (including phenoxy) is 1. The van der Waals surface area contributed by atoms with Gasteiger partial charge in [0.25, 0.3) is 0 Å². The summed E-state index contributed by atoms with van der Waals surface area (Å²) in [5, 5.41) is 3.63. The number of hydrogen-bond acceptors (Lipinski definition) is 3. The summed E-state index contributed by atoms with van der Waals surface area (Å²) >= 11 is 0. The average molecular weight is 278 g/mol. The lowest BCUT2D eigenvalue weighted by Crippen LogP contribution is -2.48. The molecule has 0 saturated carbocycles. The Labute approximate surface area is 124 Å². The van der Waals surface area contributed by atoms with Gasteiger partial charge in [-0.15, -0.1) is 0 Å². The van der Waals surface area contributed by atoms with Crippen LogP contribution in [0, 0.1) is 0 Å². The number of nitrogens with zero attached hydrogens (tertiary/aromatic N) is 1. The molecule has 0 aromatic heterocycles. The molecule has 0 saturated heterocycles. The topological polar surface area (TPSA) is 24.5 Å². The van der Waals surface area contributed by atoms with Crippen molar-refractivity contribution in [2.75, 3.05) is 27.7 Å². The smallest absolute Gasteiger partial charge is 0.118 e. The number of rotatable bonds is 8. The normalized spacial score (nSPS) is 13.6. The lowest BCUT2D eigenvalue weighted by molar-refractivity contribution is 0.184. The Morgan fingerprint density at radius 1 is 1.20 bits per heavy atom. The van der Waals surface area contributed by atoms with Crippen molar-refractivity contribution in [1.82, 2.24) is 10.2 Å². The number of likely N-dealkylation sites (N-methyl/N-ethyl adjacent to an activating group) is 1. The largest absolute Gasteiger partial charge is 0.497 e. The van der Waals surface area contributed by atoms with E-state index < -0.39 is 0 Å². The first kappa shape index (κ1) is 17.0. The summed E-state index contributed by atoms with van der Waals surface area (Å²) < 4.78 is 5.18. The van der Waals surface area contributed by atoms with Gasteiger partial charge in [0.1, 0.15) is 5.75 Å². The van der Waals surface area contributed by atoms with E-state index in [2.05, 4.69) is 57.2 Å². The summed E-state index contributed by atoms with van der Waals surface area (Å²) in [6.45, 7) is 7.78. The Morgan fingerprint density at radius 2 is 1.80 bits per heavy atom. The molecular formula is C17H30N2O. The van der Waals surface area contributed by atoms with Gasteiger partial charge in [-0.25, -0.2) is 0 Å². The molecule has 1 rings (SSSR count). The van der Waals surface area contributed by atoms with E-state index in [-0.39, 0.29) is 5.54 Å². The van der Waals surface area contributed by atoms with Crippen LogP contribution in [0.3, 0.4) is 0 Å². The molecule has 1 aromatic carbocycles. The van der Waals surface area contributed by atoms with E-state index in [1.165, 1.54) is 5.56 Å². The van der Waals surface area contributed by atoms with Gasteiger partial charge in [0, 0.05) is 18.1 Å². The van der Waals surface area contributed by atoms with Crippen molar-refractivity contribution in [2.24, 2.45) is 0 Å². The van der Waals surface area contributed by atoms with Crippen LogP contribution in [0.1, 0.15) is 32.8 Å². The quantitative estimate of drug-likeness (QED) is 0.791. The number of aryl methyl sites for hydroxylation is 1. The molecule has 0 spiro atoms. The minimum absolute atomic E-state index is 0.189. The Morgan fingerprint density at radius 3 is 2.30 bits per heavy atom. The lowest BCUT2D eigenvalue weighted by atomic mass is 10.0. The lowest BCUT2D eigenvalue weighted by Gasteiger charge is -2.34. The fourth-order valence-electron chi connectivity index (χ4n) is 1.86. The fourth-order valence-corrected chi connectivity index (χ4v) is 1.86. The molecular weight excluding hydrogens is 248 g/mol. The van der Waals surface area contributed by atoms with E-state index in [4.69, 9.17) is 4.74 Å². The van der Waals surface area contributed by atoms with Crippen LogP contribution in [0.25, 0.3) is 0 Å². The highest BCUT2D eigenvalue weighted by molar-refractivity contribution is 5.27. The van der Waals surface area contributed by atoms with Gasteiger partial charge in [0.15, 0.2) is 0 Å². The summed E-state index contributed by atoms with van der Waals surface area (Å²) in [4.78, 5) is 2.26. The maximum absolute atomic E-state index is 5.18. The van der Waals surface area contributed by atoms with Crippen LogP contribution >= 0.6 is 0 Å². The number of benzene rings is 1. The van der Waals surface area contributed by atoms with E-state index in [0.29, 0.717) is 6.04 Å². The zero-order valence-corrected chi connectivity index (χ0v) is 13.9. The van der Waals surface area contributed by atoms with Gasteiger partial charge in [-0.05, 0) is 65.4 Å². The molecule has 3 nitrogen and oxygen atoms in total. The standard InChI is InChI=1S/C17H30N2O/c1-14(18-13-17(2,3)19(4)5)7-8-15-9-11-16(20-6)12-10-15/h9-12,14,18H,7-8,13H2,1-6H3. The number of hydrogen-bond donors (Lipinski definition) is 1. The monoisotopic (exact) mass is 278 g/mol. The van der Waals surface area contributed by atoms with E-state index >= 15 is 0 Å². The second-order valence-corrected chi connectivity index (χ2v) is 6.38. The molecule has 1 aromatic rings. The highest BCUT2D eigenvalue weighted by Gasteiger charge is 2.20. The van der Waals surface area contributed by atoms with Crippen LogP contribution in [0.2, 0.25) is 0 Å². The molecule has 0 aliphatic carbocycles. The van der Waals surface area contributed by atoms with Crippen molar-refractivity contribution in [3.63, 3.8) is 0 Å². The average Bonchev–Trinajstić information content (AvgIpc) is 2.43. The van der Waals surface area contributed by atoms with Gasteiger partial charge in [-0.3, -0.25) is 0 Å². The van der Waals surface area contributed by atoms with Crippen molar-refractivity contribution >= 4 is 0 Å². The van der Waals surface area contributed by atoms with Crippen molar-refractivity contribution < 1.29 is 4.74 Å². The molecule has 1 unspecified atom stereocenters. The fraction of sp³-hybridized carbons (Fsp3) is 0.647. The first-order valence-corrected chi connectivity index (χ1v) is 7.39. The van der Waals surface area contributed by atoms with Gasteiger partial charge in [-0.1, -0.05) is 12.1 Å². The minimum Gasteiger partial charge on any atom is -0.497 e. The third-order valence-corrected chi connectivity index (χ3v) is 4.12. The summed E-state index contributed by atoms with van der Waals surface area (Å²) in [6.07, 6.45) is 2.25. The first-order valence-electron chi connectivity index (χ1n) is 7.39. The molecule has 0 aliphatic rings. The molecule has 0 amide bonds. The Bertz CT molecular complexity index is 384. The minimum atomic E-state index is 0.189. The molecule has 20 heavy (non-hydrogen) atoms. The number of methoxy groups -OCH3 is 1. The second kappa shape index (κ2) is 7.65. The molecule has 0 aliphatic heterocycles. The summed E-state index contributed by atoms with van der Waals surface area (Å²) in [6, 6.07) is 8.88. The maximum Gasteiger partial charge on any atom is 0.118 e. The zero-order chi connectivity index (χ0) is 15.2. The van der Waals surface area contributed by atoms with Gasteiger partial charge < -0.3 is 15.0 Å². The van der Waals surface area contributed by atoms with E-state index in [1.807, 2.05) is 12.1 Å².